The predicted octanol–water partition coefficient (Wildman–Crippen LogP) is 8.89. The fraction of sp³-hybridized carbons (Fsp3) is 0.543. The summed E-state index contributed by atoms with van der Waals surface area (Å²) in [6.45, 7) is 4.89. The van der Waals surface area contributed by atoms with Crippen molar-refractivity contribution in [2.75, 3.05) is 0 Å². The molecule has 0 radical (unpaired) electrons. The van der Waals surface area contributed by atoms with Gasteiger partial charge in [-0.25, -0.2) is 0 Å². The zero-order valence-corrected chi connectivity index (χ0v) is 23.9. The van der Waals surface area contributed by atoms with E-state index in [1.807, 2.05) is 0 Å². The van der Waals surface area contributed by atoms with Crippen molar-refractivity contribution in [2.24, 2.45) is 20.8 Å². The summed E-state index contributed by atoms with van der Waals surface area (Å²) in [7, 11) is 0. The molecule has 39 heavy (non-hydrogen) atoms. The van der Waals surface area contributed by atoms with Crippen LogP contribution in [0.15, 0.2) is 70.7 Å². The van der Waals surface area contributed by atoms with Gasteiger partial charge in [0, 0.05) is 29.2 Å². The maximum absolute atomic E-state index is 5.07. The molecular weight excluding hydrogens is 476 g/mol. The molecule has 4 aliphatic rings. The first-order valence-corrected chi connectivity index (χ1v) is 15.4. The Bertz CT molecular complexity index is 1190. The van der Waals surface area contributed by atoms with Crippen LogP contribution in [-0.4, -0.2) is 21.4 Å². The number of aliphatic imine (C=N–C) groups is 2. The SMILES string of the molecule is CC1(CC2=NC(c3cccc(Cc4cccc(C5C=CC(CC6(C)CCCCC6)=N5)n4)n3)C=C2)CCCCC1. The minimum Gasteiger partial charge on any atom is -0.276 e. The van der Waals surface area contributed by atoms with E-state index >= 15 is 0 Å². The Morgan fingerprint density at radius 2 is 1.05 bits per heavy atom. The molecule has 2 aromatic heterocycles. The summed E-state index contributed by atoms with van der Waals surface area (Å²) in [5.74, 6) is 0. The molecule has 0 spiro atoms. The first-order valence-electron chi connectivity index (χ1n) is 15.4. The fourth-order valence-corrected chi connectivity index (χ4v) is 7.22. The van der Waals surface area contributed by atoms with Crippen LogP contribution in [0.2, 0.25) is 0 Å². The highest BCUT2D eigenvalue weighted by atomic mass is 14.9. The van der Waals surface area contributed by atoms with E-state index in [0.29, 0.717) is 10.8 Å². The van der Waals surface area contributed by atoms with Crippen molar-refractivity contribution >= 4 is 11.4 Å². The first-order chi connectivity index (χ1) is 19.0. The summed E-state index contributed by atoms with van der Waals surface area (Å²) in [5.41, 5.74) is 7.47. The molecule has 0 amide bonds. The molecule has 2 aromatic rings. The van der Waals surface area contributed by atoms with Gasteiger partial charge in [-0.3, -0.25) is 20.0 Å². The van der Waals surface area contributed by atoms with E-state index in [1.165, 1.54) is 75.6 Å². The maximum Gasteiger partial charge on any atom is 0.111 e. The summed E-state index contributed by atoms with van der Waals surface area (Å²) in [6.07, 6.45) is 25.4. The van der Waals surface area contributed by atoms with Gasteiger partial charge < -0.3 is 0 Å². The molecule has 4 nitrogen and oxygen atoms in total. The van der Waals surface area contributed by atoms with Crippen LogP contribution >= 0.6 is 0 Å². The van der Waals surface area contributed by atoms with Crippen LogP contribution in [0.25, 0.3) is 0 Å². The summed E-state index contributed by atoms with van der Waals surface area (Å²) in [6, 6.07) is 12.8. The zero-order chi connectivity index (χ0) is 26.7. The van der Waals surface area contributed by atoms with E-state index in [9.17, 15) is 0 Å². The normalized spacial score (nSPS) is 25.5. The van der Waals surface area contributed by atoms with Crippen molar-refractivity contribution < 1.29 is 0 Å². The molecule has 2 aliphatic heterocycles. The highest BCUT2D eigenvalue weighted by Gasteiger charge is 2.30. The van der Waals surface area contributed by atoms with Gasteiger partial charge in [0.1, 0.15) is 12.1 Å². The lowest BCUT2D eigenvalue weighted by Crippen LogP contribution is -2.22. The van der Waals surface area contributed by atoms with Gasteiger partial charge in [0.05, 0.1) is 11.4 Å². The first kappa shape index (κ1) is 26.3. The van der Waals surface area contributed by atoms with Crippen LogP contribution in [0.1, 0.15) is 126 Å². The van der Waals surface area contributed by atoms with Gasteiger partial charge in [-0.1, -0.05) is 76.7 Å². The molecule has 2 unspecified atom stereocenters. The number of rotatable bonds is 8. The van der Waals surface area contributed by atoms with Crippen molar-refractivity contribution in [1.82, 2.24) is 9.97 Å². The molecule has 2 saturated carbocycles. The lowest BCUT2D eigenvalue weighted by atomic mass is 9.72. The molecule has 6 rings (SSSR count). The van der Waals surface area contributed by atoms with Crippen molar-refractivity contribution in [1.29, 1.82) is 0 Å². The summed E-state index contributed by atoms with van der Waals surface area (Å²) < 4.78 is 0. The Kier molecular flexibility index (Phi) is 7.64. The third-order valence-corrected chi connectivity index (χ3v) is 9.51. The lowest BCUT2D eigenvalue weighted by Gasteiger charge is -2.33. The number of pyridine rings is 2. The molecule has 4 heteroatoms. The van der Waals surface area contributed by atoms with E-state index in [4.69, 9.17) is 20.0 Å². The molecule has 0 N–H and O–H groups in total. The average Bonchev–Trinajstić information content (AvgIpc) is 3.59. The minimum absolute atomic E-state index is 0.0360. The minimum atomic E-state index is 0.0360. The Balaban J connectivity index is 1.10. The van der Waals surface area contributed by atoms with E-state index in [-0.39, 0.29) is 12.1 Å². The maximum atomic E-state index is 5.07. The number of allylic oxidation sites excluding steroid dienone is 2. The van der Waals surface area contributed by atoms with Crippen LogP contribution in [0.5, 0.6) is 0 Å². The molecule has 4 heterocycles. The van der Waals surface area contributed by atoms with E-state index in [1.54, 1.807) is 0 Å². The van der Waals surface area contributed by atoms with Crippen LogP contribution in [-0.2, 0) is 6.42 Å². The van der Waals surface area contributed by atoms with Crippen LogP contribution in [0.3, 0.4) is 0 Å². The molecule has 2 aliphatic carbocycles. The number of nitrogens with zero attached hydrogens (tertiary/aromatic N) is 4. The summed E-state index contributed by atoms with van der Waals surface area (Å²) >= 11 is 0. The van der Waals surface area contributed by atoms with Crippen LogP contribution < -0.4 is 0 Å². The van der Waals surface area contributed by atoms with Gasteiger partial charge in [-0.05, 0) is 85.8 Å². The standard InChI is InChI=1S/C35H44N4/c1-34(19-5-3-6-20-34)24-28-15-17-32(38-28)30-13-9-11-26(36-30)23-27-12-10-14-31(37-27)33-18-16-29(39-33)25-35(2)21-7-4-8-22-35/h9-18,32-33H,3-8,19-25H2,1-2H3. The Morgan fingerprint density at radius 3 is 1.49 bits per heavy atom. The predicted molar refractivity (Wildman–Crippen MR) is 162 cm³/mol. The second-order valence-electron chi connectivity index (χ2n) is 13.2. The molecule has 204 valence electrons. The van der Waals surface area contributed by atoms with Crippen LogP contribution in [0.4, 0.5) is 0 Å². The topological polar surface area (TPSA) is 50.5 Å². The third kappa shape index (κ3) is 6.48. The fourth-order valence-electron chi connectivity index (χ4n) is 7.22. The highest BCUT2D eigenvalue weighted by Crippen LogP contribution is 2.41. The third-order valence-electron chi connectivity index (χ3n) is 9.51. The molecular formula is C35H44N4. The van der Waals surface area contributed by atoms with Gasteiger partial charge in [-0.2, -0.15) is 0 Å². The van der Waals surface area contributed by atoms with E-state index in [2.05, 4.69) is 74.5 Å². The Labute approximate surface area is 234 Å². The zero-order valence-electron chi connectivity index (χ0n) is 23.9. The van der Waals surface area contributed by atoms with Crippen molar-refractivity contribution in [3.05, 3.63) is 83.5 Å². The highest BCUT2D eigenvalue weighted by molar-refractivity contribution is 5.98. The van der Waals surface area contributed by atoms with E-state index < -0.39 is 0 Å². The van der Waals surface area contributed by atoms with Gasteiger partial charge in [0.2, 0.25) is 0 Å². The van der Waals surface area contributed by atoms with Gasteiger partial charge in [-0.15, -0.1) is 0 Å². The largest absolute Gasteiger partial charge is 0.276 e. The lowest BCUT2D eigenvalue weighted by molar-refractivity contribution is 0.226. The second kappa shape index (κ2) is 11.3. The Hall–Kier alpha value is -2.88. The van der Waals surface area contributed by atoms with Gasteiger partial charge >= 0.3 is 0 Å². The molecule has 2 fully saturated rings. The Morgan fingerprint density at radius 1 is 0.615 bits per heavy atom. The number of aromatic nitrogens is 2. The smallest absolute Gasteiger partial charge is 0.111 e. The van der Waals surface area contributed by atoms with E-state index in [0.717, 1.165) is 42.0 Å². The molecule has 0 bridgehead atoms. The van der Waals surface area contributed by atoms with Crippen LogP contribution in [0, 0.1) is 10.8 Å². The van der Waals surface area contributed by atoms with Gasteiger partial charge in [0.25, 0.3) is 0 Å². The average molecular weight is 521 g/mol. The van der Waals surface area contributed by atoms with Crippen molar-refractivity contribution in [3.63, 3.8) is 0 Å². The van der Waals surface area contributed by atoms with Crippen molar-refractivity contribution in [2.45, 2.75) is 109 Å². The quantitative estimate of drug-likeness (QED) is 0.349. The summed E-state index contributed by atoms with van der Waals surface area (Å²) in [4.78, 5) is 20.2. The monoisotopic (exact) mass is 520 g/mol. The second-order valence-corrected chi connectivity index (χ2v) is 13.2. The van der Waals surface area contributed by atoms with Crippen molar-refractivity contribution in [3.8, 4) is 0 Å². The summed E-state index contributed by atoms with van der Waals surface area (Å²) in [5, 5.41) is 0. The van der Waals surface area contributed by atoms with Gasteiger partial charge in [0.15, 0.2) is 0 Å². The number of hydrogen-bond acceptors (Lipinski definition) is 4. The molecule has 0 saturated heterocycles. The molecule has 0 aromatic carbocycles. The molecule has 2 atom stereocenters. The number of hydrogen-bond donors (Lipinski definition) is 0.